The highest BCUT2D eigenvalue weighted by Crippen LogP contribution is 2.30. The third-order valence-corrected chi connectivity index (χ3v) is 5.79. The second kappa shape index (κ2) is 9.83. The van der Waals surface area contributed by atoms with Crippen molar-refractivity contribution in [3.8, 4) is 11.1 Å². The molecule has 2 N–H and O–H groups in total. The molecular weight excluding hydrogens is 362 g/mol. The lowest BCUT2D eigenvalue weighted by atomic mass is 10.0. The molecule has 0 spiro atoms. The molecule has 0 radical (unpaired) electrons. The van der Waals surface area contributed by atoms with Gasteiger partial charge in [0, 0.05) is 48.8 Å². The molecule has 6 heteroatoms. The summed E-state index contributed by atoms with van der Waals surface area (Å²) in [5, 5.41) is 14.7. The summed E-state index contributed by atoms with van der Waals surface area (Å²) in [6.45, 7) is 1.79. The maximum Gasteiger partial charge on any atom is 0.224 e. The number of fused-ring (bicyclic) bond motifs is 1. The van der Waals surface area contributed by atoms with Gasteiger partial charge in [-0.05, 0) is 49.8 Å². The summed E-state index contributed by atoms with van der Waals surface area (Å²) >= 11 is 0. The number of nitrogens with zero attached hydrogens (tertiary/aromatic N) is 4. The number of aliphatic hydroxyl groups excluding tert-OH is 1. The van der Waals surface area contributed by atoms with E-state index in [-0.39, 0.29) is 6.10 Å². The van der Waals surface area contributed by atoms with Gasteiger partial charge in [0.25, 0.3) is 0 Å². The van der Waals surface area contributed by atoms with E-state index >= 15 is 0 Å². The standard InChI is InChI=1S/C23H31N5O/c29-19-8-4-2-1-3-6-12-25-23-26-16-20-21(18-10-13-24-14-11-18)17-28(22(20)27-23)15-7-5-9-19/h10-11,13-14,16-17,19,29H,1-9,12,15H2,(H,25,26,27). The number of pyridine rings is 1. The maximum absolute atomic E-state index is 10.2. The Labute approximate surface area is 172 Å². The zero-order valence-corrected chi connectivity index (χ0v) is 17.1. The van der Waals surface area contributed by atoms with Crippen LogP contribution in [0.2, 0.25) is 0 Å². The Balaban J connectivity index is 1.61. The number of nitrogens with one attached hydrogen (secondary N) is 1. The molecule has 0 saturated carbocycles. The van der Waals surface area contributed by atoms with Crippen molar-refractivity contribution in [3.63, 3.8) is 0 Å². The van der Waals surface area contributed by atoms with E-state index < -0.39 is 0 Å². The topological polar surface area (TPSA) is 75.9 Å². The molecule has 1 aliphatic heterocycles. The van der Waals surface area contributed by atoms with Crippen LogP contribution in [0.15, 0.2) is 36.9 Å². The molecule has 1 unspecified atom stereocenters. The van der Waals surface area contributed by atoms with Crippen molar-refractivity contribution in [3.05, 3.63) is 36.9 Å². The van der Waals surface area contributed by atoms with E-state index in [1.54, 1.807) is 0 Å². The van der Waals surface area contributed by atoms with E-state index in [1.807, 2.05) is 30.7 Å². The van der Waals surface area contributed by atoms with Gasteiger partial charge < -0.3 is 15.0 Å². The summed E-state index contributed by atoms with van der Waals surface area (Å²) in [6, 6.07) is 4.06. The first-order valence-electron chi connectivity index (χ1n) is 11.0. The number of hydrogen-bond donors (Lipinski definition) is 2. The summed E-state index contributed by atoms with van der Waals surface area (Å²) in [4.78, 5) is 13.6. The normalized spacial score (nSPS) is 19.7. The highest BCUT2D eigenvalue weighted by Gasteiger charge is 2.14. The van der Waals surface area contributed by atoms with Crippen LogP contribution in [-0.2, 0) is 6.54 Å². The molecule has 154 valence electrons. The molecule has 0 aromatic carbocycles. The molecule has 3 aromatic heterocycles. The monoisotopic (exact) mass is 393 g/mol. The third kappa shape index (κ3) is 5.12. The minimum Gasteiger partial charge on any atom is -0.393 e. The van der Waals surface area contributed by atoms with Crippen molar-refractivity contribution in [1.82, 2.24) is 19.5 Å². The van der Waals surface area contributed by atoms with Gasteiger partial charge in [0.1, 0.15) is 5.65 Å². The first kappa shape index (κ1) is 19.8. The third-order valence-electron chi connectivity index (χ3n) is 5.79. The molecule has 29 heavy (non-hydrogen) atoms. The largest absolute Gasteiger partial charge is 0.393 e. The van der Waals surface area contributed by atoms with E-state index in [9.17, 15) is 5.11 Å². The van der Waals surface area contributed by atoms with Gasteiger partial charge in [-0.15, -0.1) is 0 Å². The lowest BCUT2D eigenvalue weighted by Crippen LogP contribution is -2.07. The summed E-state index contributed by atoms with van der Waals surface area (Å²) < 4.78 is 2.24. The predicted octanol–water partition coefficient (Wildman–Crippen LogP) is 4.79. The van der Waals surface area contributed by atoms with Crippen molar-refractivity contribution in [1.29, 1.82) is 0 Å². The molecule has 2 bridgehead atoms. The molecule has 4 rings (SSSR count). The average molecular weight is 394 g/mol. The van der Waals surface area contributed by atoms with Crippen LogP contribution in [0.4, 0.5) is 5.95 Å². The van der Waals surface area contributed by atoms with E-state index in [2.05, 4.69) is 26.0 Å². The first-order valence-corrected chi connectivity index (χ1v) is 11.0. The van der Waals surface area contributed by atoms with Gasteiger partial charge in [0.05, 0.1) is 6.10 Å². The van der Waals surface area contributed by atoms with Gasteiger partial charge in [-0.1, -0.05) is 25.7 Å². The molecule has 1 aliphatic rings. The first-order chi connectivity index (χ1) is 14.3. The van der Waals surface area contributed by atoms with Gasteiger partial charge in [-0.3, -0.25) is 4.98 Å². The Kier molecular flexibility index (Phi) is 6.72. The summed E-state index contributed by atoms with van der Waals surface area (Å²) in [6.07, 6.45) is 17.4. The van der Waals surface area contributed by atoms with Crippen LogP contribution in [0.5, 0.6) is 0 Å². The molecule has 0 amide bonds. The van der Waals surface area contributed by atoms with Gasteiger partial charge in [-0.2, -0.15) is 4.98 Å². The van der Waals surface area contributed by atoms with Crippen LogP contribution in [0, 0.1) is 0 Å². The van der Waals surface area contributed by atoms with Crippen molar-refractivity contribution in [2.45, 2.75) is 70.4 Å². The highest BCUT2D eigenvalue weighted by atomic mass is 16.3. The fourth-order valence-corrected chi connectivity index (χ4v) is 4.13. The Morgan fingerprint density at radius 1 is 0.966 bits per heavy atom. The van der Waals surface area contributed by atoms with E-state index in [4.69, 9.17) is 4.98 Å². The van der Waals surface area contributed by atoms with Crippen LogP contribution in [0.1, 0.15) is 57.8 Å². The van der Waals surface area contributed by atoms with E-state index in [0.717, 1.165) is 73.8 Å². The fraction of sp³-hybridized carbons (Fsp3) is 0.522. The molecule has 0 fully saturated rings. The Morgan fingerprint density at radius 2 is 1.72 bits per heavy atom. The maximum atomic E-state index is 10.2. The second-order valence-electron chi connectivity index (χ2n) is 8.04. The van der Waals surface area contributed by atoms with Crippen LogP contribution in [-0.4, -0.2) is 37.3 Å². The van der Waals surface area contributed by atoms with Crippen LogP contribution >= 0.6 is 0 Å². The number of rotatable bonds is 1. The van der Waals surface area contributed by atoms with Crippen LogP contribution in [0.3, 0.4) is 0 Å². The smallest absolute Gasteiger partial charge is 0.224 e. The second-order valence-corrected chi connectivity index (χ2v) is 8.04. The summed E-state index contributed by atoms with van der Waals surface area (Å²) in [5.41, 5.74) is 3.24. The van der Waals surface area contributed by atoms with Crippen molar-refractivity contribution in [2.24, 2.45) is 0 Å². The van der Waals surface area contributed by atoms with Gasteiger partial charge in [0.2, 0.25) is 5.95 Å². The van der Waals surface area contributed by atoms with Crippen molar-refractivity contribution < 1.29 is 5.11 Å². The van der Waals surface area contributed by atoms with Gasteiger partial charge >= 0.3 is 0 Å². The number of aromatic nitrogens is 4. The molecule has 6 nitrogen and oxygen atoms in total. The molecule has 0 aliphatic carbocycles. The number of anilines is 1. The Bertz CT molecular complexity index is 908. The Hall–Kier alpha value is -2.47. The zero-order valence-electron chi connectivity index (χ0n) is 17.1. The van der Waals surface area contributed by atoms with Gasteiger partial charge in [-0.25, -0.2) is 4.98 Å². The molecule has 3 aromatic rings. The molecular formula is C23H31N5O. The summed E-state index contributed by atoms with van der Waals surface area (Å²) in [7, 11) is 0. The Morgan fingerprint density at radius 3 is 2.59 bits per heavy atom. The molecule has 1 atom stereocenters. The molecule has 0 saturated heterocycles. The highest BCUT2D eigenvalue weighted by molar-refractivity contribution is 5.93. The SMILES string of the molecule is OC1CCCCCCCNc2ncc3c(-c4ccncc4)cn(c3n2)CCCC1. The van der Waals surface area contributed by atoms with Gasteiger partial charge in [0.15, 0.2) is 0 Å². The van der Waals surface area contributed by atoms with E-state index in [1.165, 1.54) is 19.3 Å². The minimum atomic E-state index is -0.157. The summed E-state index contributed by atoms with van der Waals surface area (Å²) in [5.74, 6) is 0.706. The van der Waals surface area contributed by atoms with Crippen molar-refractivity contribution >= 4 is 17.0 Å². The van der Waals surface area contributed by atoms with Crippen molar-refractivity contribution in [2.75, 3.05) is 11.9 Å². The van der Waals surface area contributed by atoms with Crippen LogP contribution < -0.4 is 5.32 Å². The zero-order chi connectivity index (χ0) is 19.9. The van der Waals surface area contributed by atoms with Crippen LogP contribution in [0.25, 0.3) is 22.2 Å². The molecule has 4 heterocycles. The average Bonchev–Trinajstić information content (AvgIpc) is 3.11. The number of aryl methyl sites for hydroxylation is 1. The lowest BCUT2D eigenvalue weighted by Gasteiger charge is -2.10. The quantitative estimate of drug-likeness (QED) is 0.622. The lowest BCUT2D eigenvalue weighted by molar-refractivity contribution is 0.147. The predicted molar refractivity (Wildman–Crippen MR) is 117 cm³/mol. The minimum absolute atomic E-state index is 0.157. The number of hydrogen-bond acceptors (Lipinski definition) is 5. The van der Waals surface area contributed by atoms with E-state index in [0.29, 0.717) is 5.95 Å². The number of aliphatic hydroxyl groups is 1. The fourth-order valence-electron chi connectivity index (χ4n) is 4.13.